The second-order valence-electron chi connectivity index (χ2n) is 3.99. The van der Waals surface area contributed by atoms with Crippen molar-refractivity contribution in [3.8, 4) is 0 Å². The van der Waals surface area contributed by atoms with Crippen LogP contribution in [0.5, 0.6) is 0 Å². The predicted octanol–water partition coefficient (Wildman–Crippen LogP) is 1.07. The molecule has 0 spiro atoms. The molecule has 18 heavy (non-hydrogen) atoms. The number of halogens is 1. The molecular weight excluding hydrogens is 235 g/mol. The quantitative estimate of drug-likeness (QED) is 0.821. The van der Waals surface area contributed by atoms with Gasteiger partial charge < -0.3 is 5.73 Å². The lowest BCUT2D eigenvalue weighted by Crippen LogP contribution is -2.12. The van der Waals surface area contributed by atoms with E-state index in [-0.39, 0.29) is 18.9 Å². The van der Waals surface area contributed by atoms with Crippen molar-refractivity contribution in [2.75, 3.05) is 0 Å². The molecule has 0 amide bonds. The summed E-state index contributed by atoms with van der Waals surface area (Å²) in [6.45, 7) is 2.06. The molecule has 0 aliphatic rings. The van der Waals surface area contributed by atoms with E-state index in [9.17, 15) is 9.18 Å². The summed E-state index contributed by atoms with van der Waals surface area (Å²) in [6.07, 6.45) is 1.60. The van der Waals surface area contributed by atoms with Gasteiger partial charge in [-0.25, -0.2) is 9.07 Å². The van der Waals surface area contributed by atoms with Gasteiger partial charge in [0.05, 0.1) is 11.9 Å². The zero-order valence-corrected chi connectivity index (χ0v) is 9.93. The maximum absolute atomic E-state index is 13.1. The number of aromatic nitrogens is 3. The number of Topliss-reactive ketones (excluding diaryl/α,β-unsaturated/α-hetero) is 1. The zero-order valence-electron chi connectivity index (χ0n) is 9.93. The van der Waals surface area contributed by atoms with Gasteiger partial charge in [0.15, 0.2) is 5.78 Å². The first-order chi connectivity index (χ1) is 8.60. The predicted molar refractivity (Wildman–Crippen MR) is 63.4 cm³/mol. The highest BCUT2D eigenvalue weighted by Gasteiger charge is 2.12. The van der Waals surface area contributed by atoms with Gasteiger partial charge in [-0.05, 0) is 24.6 Å². The van der Waals surface area contributed by atoms with Crippen LogP contribution in [-0.2, 0) is 13.1 Å². The standard InChI is InChI=1S/C12H13FN4O/c1-8-2-3-9(13)4-11(8)12(18)7-17-6-10(5-14)15-16-17/h2-4,6H,5,7,14H2,1H3. The Labute approximate surface area is 103 Å². The minimum Gasteiger partial charge on any atom is -0.325 e. The van der Waals surface area contributed by atoms with Gasteiger partial charge >= 0.3 is 0 Å². The molecule has 0 aliphatic heterocycles. The van der Waals surface area contributed by atoms with Crippen LogP contribution in [0.3, 0.4) is 0 Å². The Balaban J connectivity index is 2.19. The molecule has 1 heterocycles. The summed E-state index contributed by atoms with van der Waals surface area (Å²) in [6, 6.07) is 4.14. The minimum absolute atomic E-state index is 0.0251. The van der Waals surface area contributed by atoms with Gasteiger partial charge in [-0.2, -0.15) is 0 Å². The van der Waals surface area contributed by atoms with Crippen LogP contribution in [0.2, 0.25) is 0 Å². The van der Waals surface area contributed by atoms with Crippen molar-refractivity contribution in [2.24, 2.45) is 5.73 Å². The number of benzene rings is 1. The number of hydrogen-bond donors (Lipinski definition) is 1. The van der Waals surface area contributed by atoms with E-state index in [0.29, 0.717) is 11.3 Å². The van der Waals surface area contributed by atoms with E-state index in [1.807, 2.05) is 0 Å². The molecule has 5 nitrogen and oxygen atoms in total. The molecule has 0 bridgehead atoms. The normalized spacial score (nSPS) is 10.6. The Kier molecular flexibility index (Phi) is 3.47. The Hall–Kier alpha value is -2.08. The smallest absolute Gasteiger partial charge is 0.184 e. The van der Waals surface area contributed by atoms with E-state index < -0.39 is 5.82 Å². The number of aryl methyl sites for hydroxylation is 1. The van der Waals surface area contributed by atoms with Crippen LogP contribution in [-0.4, -0.2) is 20.8 Å². The van der Waals surface area contributed by atoms with Gasteiger partial charge in [0, 0.05) is 12.1 Å². The summed E-state index contributed by atoms with van der Waals surface area (Å²) in [5, 5.41) is 7.56. The Morgan fingerprint density at radius 2 is 2.28 bits per heavy atom. The lowest BCUT2D eigenvalue weighted by atomic mass is 10.0. The van der Waals surface area contributed by atoms with Crippen molar-refractivity contribution in [2.45, 2.75) is 20.0 Å². The summed E-state index contributed by atoms with van der Waals surface area (Å²) < 4.78 is 14.5. The first kappa shape index (κ1) is 12.4. The first-order valence-electron chi connectivity index (χ1n) is 5.48. The lowest BCUT2D eigenvalue weighted by molar-refractivity contribution is 0.0966. The largest absolute Gasteiger partial charge is 0.325 e. The van der Waals surface area contributed by atoms with Crippen LogP contribution in [0.25, 0.3) is 0 Å². The number of rotatable bonds is 4. The maximum atomic E-state index is 13.1. The van der Waals surface area contributed by atoms with Crippen molar-refractivity contribution in [3.63, 3.8) is 0 Å². The third-order valence-electron chi connectivity index (χ3n) is 2.60. The summed E-state index contributed by atoms with van der Waals surface area (Å²) in [5.41, 5.74) is 7.11. The Morgan fingerprint density at radius 1 is 1.50 bits per heavy atom. The second kappa shape index (κ2) is 5.05. The van der Waals surface area contributed by atoms with Gasteiger partial charge in [-0.3, -0.25) is 4.79 Å². The fraction of sp³-hybridized carbons (Fsp3) is 0.250. The van der Waals surface area contributed by atoms with Crippen molar-refractivity contribution in [1.29, 1.82) is 0 Å². The molecule has 1 aromatic heterocycles. The highest BCUT2D eigenvalue weighted by molar-refractivity contribution is 5.97. The van der Waals surface area contributed by atoms with Crippen LogP contribution in [0.4, 0.5) is 4.39 Å². The number of carbonyl (C=O) groups is 1. The molecule has 1 aromatic carbocycles. The third-order valence-corrected chi connectivity index (χ3v) is 2.60. The maximum Gasteiger partial charge on any atom is 0.184 e. The molecule has 0 radical (unpaired) electrons. The monoisotopic (exact) mass is 248 g/mol. The van der Waals surface area contributed by atoms with E-state index in [4.69, 9.17) is 5.73 Å². The number of nitrogens with zero attached hydrogens (tertiary/aromatic N) is 3. The molecule has 94 valence electrons. The van der Waals surface area contributed by atoms with Crippen molar-refractivity contribution in [3.05, 3.63) is 47.0 Å². The summed E-state index contributed by atoms with van der Waals surface area (Å²) in [7, 11) is 0. The molecule has 6 heteroatoms. The van der Waals surface area contributed by atoms with Crippen LogP contribution in [0, 0.1) is 12.7 Å². The van der Waals surface area contributed by atoms with Gasteiger partial charge in [0.2, 0.25) is 0 Å². The van der Waals surface area contributed by atoms with E-state index in [1.54, 1.807) is 19.2 Å². The van der Waals surface area contributed by atoms with E-state index >= 15 is 0 Å². The number of hydrogen-bond acceptors (Lipinski definition) is 4. The molecule has 0 saturated heterocycles. The molecule has 0 saturated carbocycles. The fourth-order valence-electron chi connectivity index (χ4n) is 1.64. The highest BCUT2D eigenvalue weighted by Crippen LogP contribution is 2.11. The van der Waals surface area contributed by atoms with Crippen molar-refractivity contribution in [1.82, 2.24) is 15.0 Å². The molecular formula is C12H13FN4O. The molecule has 2 aromatic rings. The second-order valence-corrected chi connectivity index (χ2v) is 3.99. The van der Waals surface area contributed by atoms with Crippen LogP contribution < -0.4 is 5.73 Å². The van der Waals surface area contributed by atoms with Gasteiger partial charge in [-0.1, -0.05) is 11.3 Å². The van der Waals surface area contributed by atoms with Crippen LogP contribution >= 0.6 is 0 Å². The SMILES string of the molecule is Cc1ccc(F)cc1C(=O)Cn1cc(CN)nn1. The molecule has 0 aliphatic carbocycles. The van der Waals surface area contributed by atoms with E-state index in [2.05, 4.69) is 10.3 Å². The highest BCUT2D eigenvalue weighted by atomic mass is 19.1. The molecule has 0 atom stereocenters. The number of carbonyl (C=O) groups excluding carboxylic acids is 1. The number of ketones is 1. The molecule has 2 N–H and O–H groups in total. The van der Waals surface area contributed by atoms with Crippen LogP contribution in [0.15, 0.2) is 24.4 Å². The first-order valence-corrected chi connectivity index (χ1v) is 5.48. The average molecular weight is 248 g/mol. The summed E-state index contributed by atoms with van der Waals surface area (Å²) >= 11 is 0. The van der Waals surface area contributed by atoms with Gasteiger partial charge in [0.25, 0.3) is 0 Å². The zero-order chi connectivity index (χ0) is 13.1. The molecule has 0 fully saturated rings. The molecule has 0 unspecified atom stereocenters. The van der Waals surface area contributed by atoms with Crippen molar-refractivity contribution >= 4 is 5.78 Å². The lowest BCUT2D eigenvalue weighted by Gasteiger charge is -2.04. The van der Waals surface area contributed by atoms with Crippen molar-refractivity contribution < 1.29 is 9.18 Å². The fourth-order valence-corrected chi connectivity index (χ4v) is 1.64. The van der Waals surface area contributed by atoms with Crippen LogP contribution in [0.1, 0.15) is 21.6 Å². The Morgan fingerprint density at radius 3 is 2.94 bits per heavy atom. The van der Waals surface area contributed by atoms with Gasteiger partial charge in [0.1, 0.15) is 12.4 Å². The van der Waals surface area contributed by atoms with E-state index in [0.717, 1.165) is 5.56 Å². The third kappa shape index (κ3) is 2.60. The average Bonchev–Trinajstić information content (AvgIpc) is 2.80. The Bertz CT molecular complexity index is 579. The van der Waals surface area contributed by atoms with E-state index in [1.165, 1.54) is 16.8 Å². The topological polar surface area (TPSA) is 73.8 Å². The van der Waals surface area contributed by atoms with Gasteiger partial charge in [-0.15, -0.1) is 5.10 Å². The summed E-state index contributed by atoms with van der Waals surface area (Å²) in [4.78, 5) is 12.0. The molecule has 2 rings (SSSR count). The number of nitrogens with two attached hydrogens (primary N) is 1. The summed E-state index contributed by atoms with van der Waals surface area (Å²) in [5.74, 6) is -0.634. The minimum atomic E-state index is -0.426.